The van der Waals surface area contributed by atoms with Crippen LogP contribution in [0, 0.1) is 0 Å². The maximum absolute atomic E-state index is 9.87. The first-order chi connectivity index (χ1) is 11.0. The van der Waals surface area contributed by atoms with E-state index < -0.39 is 0 Å². The van der Waals surface area contributed by atoms with Crippen LogP contribution in [-0.4, -0.2) is 23.9 Å². The maximum atomic E-state index is 9.87. The highest BCUT2D eigenvalue weighted by Gasteiger charge is 2.25. The van der Waals surface area contributed by atoms with Crippen LogP contribution in [0.3, 0.4) is 0 Å². The number of hydrogen-bond donors (Lipinski definition) is 3. The fourth-order valence-electron chi connectivity index (χ4n) is 3.19. The zero-order chi connectivity index (χ0) is 16.6. The molecule has 0 bridgehead atoms. The smallest absolute Gasteiger partial charge is 0.157 e. The number of nitrogens with one attached hydrogen (secondary N) is 1. The number of fused-ring (bicyclic) bond motifs is 1. The van der Waals surface area contributed by atoms with Crippen LogP contribution in [0.2, 0.25) is 0 Å². The van der Waals surface area contributed by atoms with Crippen molar-refractivity contribution in [2.24, 2.45) is 0 Å². The Kier molecular flexibility index (Phi) is 4.18. The van der Waals surface area contributed by atoms with Gasteiger partial charge in [-0.15, -0.1) is 0 Å². The van der Waals surface area contributed by atoms with Crippen molar-refractivity contribution in [2.75, 3.05) is 13.7 Å². The Bertz CT molecular complexity index is 725. The van der Waals surface area contributed by atoms with Crippen molar-refractivity contribution in [2.45, 2.75) is 32.2 Å². The number of methoxy groups -OCH3 is 1. The summed E-state index contributed by atoms with van der Waals surface area (Å²) >= 11 is 0. The summed E-state index contributed by atoms with van der Waals surface area (Å²) in [4.78, 5) is 0. The highest BCUT2D eigenvalue weighted by molar-refractivity contribution is 5.53. The summed E-state index contributed by atoms with van der Waals surface area (Å²) in [5.74, 6) is 1.13. The Balaban J connectivity index is 2.09. The van der Waals surface area contributed by atoms with Gasteiger partial charge in [0.25, 0.3) is 0 Å². The Labute approximate surface area is 136 Å². The van der Waals surface area contributed by atoms with Crippen LogP contribution in [0.4, 0.5) is 0 Å². The molecule has 2 aromatic carbocycles. The molecule has 1 atom stereocenters. The summed E-state index contributed by atoms with van der Waals surface area (Å²) in [6.07, 6.45) is 0.825. The third-order valence-corrected chi connectivity index (χ3v) is 4.53. The largest absolute Gasteiger partial charge is 0.504 e. The molecular weight excluding hydrogens is 290 g/mol. The van der Waals surface area contributed by atoms with Gasteiger partial charge in [0.05, 0.1) is 13.2 Å². The SMILES string of the molecule is COc1cc(C(C)C)ccc1C1NCCc2cc(O)c(O)cc21. The highest BCUT2D eigenvalue weighted by atomic mass is 16.5. The second-order valence-corrected chi connectivity index (χ2v) is 6.33. The molecule has 4 nitrogen and oxygen atoms in total. The second kappa shape index (κ2) is 6.13. The molecule has 0 aliphatic carbocycles. The van der Waals surface area contributed by atoms with Crippen molar-refractivity contribution in [3.8, 4) is 17.2 Å². The van der Waals surface area contributed by atoms with Gasteiger partial charge in [-0.1, -0.05) is 26.0 Å². The molecule has 3 rings (SSSR count). The first-order valence-electron chi connectivity index (χ1n) is 7.97. The van der Waals surface area contributed by atoms with E-state index in [0.717, 1.165) is 35.4 Å². The summed E-state index contributed by atoms with van der Waals surface area (Å²) in [5, 5.41) is 23.1. The number of rotatable bonds is 3. The monoisotopic (exact) mass is 313 g/mol. The molecule has 1 unspecified atom stereocenters. The van der Waals surface area contributed by atoms with E-state index in [-0.39, 0.29) is 17.5 Å². The molecule has 1 heterocycles. The van der Waals surface area contributed by atoms with E-state index in [1.165, 1.54) is 5.56 Å². The fourth-order valence-corrected chi connectivity index (χ4v) is 3.19. The van der Waals surface area contributed by atoms with Crippen LogP contribution in [0.5, 0.6) is 17.2 Å². The zero-order valence-electron chi connectivity index (χ0n) is 13.8. The van der Waals surface area contributed by atoms with E-state index in [9.17, 15) is 10.2 Å². The van der Waals surface area contributed by atoms with E-state index in [4.69, 9.17) is 4.74 Å². The van der Waals surface area contributed by atoms with Gasteiger partial charge in [0.1, 0.15) is 5.75 Å². The van der Waals surface area contributed by atoms with Crippen LogP contribution in [0.15, 0.2) is 30.3 Å². The van der Waals surface area contributed by atoms with Gasteiger partial charge in [-0.3, -0.25) is 0 Å². The summed E-state index contributed by atoms with van der Waals surface area (Å²) < 4.78 is 5.61. The standard InChI is InChI=1S/C19H23NO3/c1-11(2)12-4-5-14(18(9-12)23-3)19-15-10-17(22)16(21)8-13(15)6-7-20-19/h4-5,8-11,19-22H,6-7H2,1-3H3. The summed E-state index contributed by atoms with van der Waals surface area (Å²) in [7, 11) is 1.68. The molecule has 0 radical (unpaired) electrons. The molecule has 1 aliphatic rings. The number of aromatic hydroxyl groups is 2. The highest BCUT2D eigenvalue weighted by Crippen LogP contribution is 2.39. The van der Waals surface area contributed by atoms with Gasteiger partial charge in [-0.25, -0.2) is 0 Å². The van der Waals surface area contributed by atoms with Crippen molar-refractivity contribution in [3.05, 3.63) is 52.6 Å². The number of benzene rings is 2. The van der Waals surface area contributed by atoms with E-state index in [2.05, 4.69) is 37.4 Å². The minimum absolute atomic E-state index is 0.0542. The zero-order valence-corrected chi connectivity index (χ0v) is 13.8. The molecule has 3 N–H and O–H groups in total. The van der Waals surface area contributed by atoms with Gasteiger partial charge in [-0.2, -0.15) is 0 Å². The lowest BCUT2D eigenvalue weighted by molar-refractivity contribution is 0.395. The summed E-state index contributed by atoms with van der Waals surface area (Å²) in [6, 6.07) is 9.55. The number of phenolic OH excluding ortho intramolecular Hbond substituents is 2. The van der Waals surface area contributed by atoms with Crippen LogP contribution >= 0.6 is 0 Å². The topological polar surface area (TPSA) is 61.7 Å². The van der Waals surface area contributed by atoms with Crippen LogP contribution < -0.4 is 10.1 Å². The third-order valence-electron chi connectivity index (χ3n) is 4.53. The van der Waals surface area contributed by atoms with Crippen molar-refractivity contribution >= 4 is 0 Å². The average Bonchev–Trinajstić information content (AvgIpc) is 2.55. The number of phenols is 2. The molecule has 1 aliphatic heterocycles. The van der Waals surface area contributed by atoms with Crippen molar-refractivity contribution in [1.82, 2.24) is 5.32 Å². The second-order valence-electron chi connectivity index (χ2n) is 6.33. The van der Waals surface area contributed by atoms with Crippen LogP contribution in [0.1, 0.15) is 48.1 Å². The summed E-state index contributed by atoms with van der Waals surface area (Å²) in [6.45, 7) is 5.13. The van der Waals surface area contributed by atoms with E-state index in [1.54, 1.807) is 19.2 Å². The molecule has 0 fully saturated rings. The normalized spacial score (nSPS) is 17.1. The Morgan fingerprint density at radius 3 is 2.52 bits per heavy atom. The van der Waals surface area contributed by atoms with E-state index >= 15 is 0 Å². The molecule has 23 heavy (non-hydrogen) atoms. The van der Waals surface area contributed by atoms with Gasteiger partial charge in [0.15, 0.2) is 11.5 Å². The molecule has 2 aromatic rings. The number of ether oxygens (including phenoxy) is 1. The first-order valence-corrected chi connectivity index (χ1v) is 7.97. The van der Waals surface area contributed by atoms with E-state index in [1.807, 2.05) is 0 Å². The lowest BCUT2D eigenvalue weighted by Gasteiger charge is -2.29. The molecule has 0 spiro atoms. The van der Waals surface area contributed by atoms with Crippen molar-refractivity contribution < 1.29 is 14.9 Å². The Morgan fingerprint density at radius 2 is 1.83 bits per heavy atom. The molecule has 122 valence electrons. The minimum atomic E-state index is -0.0878. The Hall–Kier alpha value is -2.20. The van der Waals surface area contributed by atoms with Crippen LogP contribution in [0.25, 0.3) is 0 Å². The predicted octanol–water partition coefficient (Wildman–Crippen LogP) is 3.46. The van der Waals surface area contributed by atoms with Gasteiger partial charge in [0.2, 0.25) is 0 Å². The molecule has 0 saturated heterocycles. The molecule has 0 aromatic heterocycles. The lowest BCUT2D eigenvalue weighted by Crippen LogP contribution is -2.30. The lowest BCUT2D eigenvalue weighted by atomic mass is 9.88. The van der Waals surface area contributed by atoms with Gasteiger partial charge >= 0.3 is 0 Å². The molecule has 0 amide bonds. The third kappa shape index (κ3) is 2.86. The van der Waals surface area contributed by atoms with E-state index in [0.29, 0.717) is 5.92 Å². The van der Waals surface area contributed by atoms with Gasteiger partial charge in [-0.05, 0) is 47.2 Å². The first kappa shape index (κ1) is 15.7. The van der Waals surface area contributed by atoms with Crippen LogP contribution in [-0.2, 0) is 6.42 Å². The quantitative estimate of drug-likeness (QED) is 0.759. The van der Waals surface area contributed by atoms with Crippen molar-refractivity contribution in [1.29, 1.82) is 0 Å². The Morgan fingerprint density at radius 1 is 1.09 bits per heavy atom. The van der Waals surface area contributed by atoms with Crippen molar-refractivity contribution in [3.63, 3.8) is 0 Å². The molecule has 4 heteroatoms. The minimum Gasteiger partial charge on any atom is -0.504 e. The predicted molar refractivity (Wildman–Crippen MR) is 90.4 cm³/mol. The van der Waals surface area contributed by atoms with Gasteiger partial charge in [0, 0.05) is 12.1 Å². The summed E-state index contributed by atoms with van der Waals surface area (Å²) in [5.41, 5.74) is 4.32. The molecular formula is C19H23NO3. The average molecular weight is 313 g/mol. The maximum Gasteiger partial charge on any atom is 0.157 e. The number of hydrogen-bond acceptors (Lipinski definition) is 4. The van der Waals surface area contributed by atoms with Gasteiger partial charge < -0.3 is 20.3 Å². The fraction of sp³-hybridized carbons (Fsp3) is 0.368. The molecule has 0 saturated carbocycles.